The second-order valence-corrected chi connectivity index (χ2v) is 20.0. The summed E-state index contributed by atoms with van der Waals surface area (Å²) in [4.78, 5) is 24.5. The van der Waals surface area contributed by atoms with E-state index in [9.17, 15) is 19.8 Å². The van der Waals surface area contributed by atoms with Crippen molar-refractivity contribution in [1.29, 1.82) is 0 Å². The van der Waals surface area contributed by atoms with Gasteiger partial charge >= 0.3 is 5.97 Å². The summed E-state index contributed by atoms with van der Waals surface area (Å²) in [6.45, 7) is 4.89. The molecule has 0 aromatic carbocycles. The summed E-state index contributed by atoms with van der Waals surface area (Å²) >= 11 is 0. The van der Waals surface area contributed by atoms with Gasteiger partial charge in [-0.1, -0.05) is 269 Å². The molecule has 6 nitrogen and oxygen atoms in total. The molecule has 0 aliphatic carbocycles. The van der Waals surface area contributed by atoms with Gasteiger partial charge in [-0.25, -0.2) is 0 Å². The Hall–Kier alpha value is -1.66. The van der Waals surface area contributed by atoms with Gasteiger partial charge in [-0.3, -0.25) is 9.59 Å². The van der Waals surface area contributed by atoms with Crippen LogP contribution in [0.15, 0.2) is 24.3 Å². The summed E-state index contributed by atoms with van der Waals surface area (Å²) in [6, 6.07) is -0.639. The van der Waals surface area contributed by atoms with Crippen LogP contribution in [0.4, 0.5) is 0 Å². The summed E-state index contributed by atoms with van der Waals surface area (Å²) in [6.07, 6.45) is 66.2. The lowest BCUT2D eigenvalue weighted by Crippen LogP contribution is -2.45. The minimum atomic E-state index is -0.854. The Morgan fingerprint density at radius 1 is 0.415 bits per heavy atom. The molecular weight excluding hydrogens is 803 g/mol. The summed E-state index contributed by atoms with van der Waals surface area (Å²) in [5, 5.41) is 23.1. The maximum Gasteiger partial charge on any atom is 0.305 e. The molecule has 0 aromatic rings. The van der Waals surface area contributed by atoms with Crippen molar-refractivity contribution in [3.8, 4) is 0 Å². The van der Waals surface area contributed by atoms with Crippen molar-refractivity contribution in [2.75, 3.05) is 13.2 Å². The van der Waals surface area contributed by atoms with Crippen molar-refractivity contribution in [2.45, 2.75) is 328 Å². The van der Waals surface area contributed by atoms with E-state index in [-0.39, 0.29) is 18.5 Å². The highest BCUT2D eigenvalue weighted by molar-refractivity contribution is 5.76. The van der Waals surface area contributed by atoms with Crippen LogP contribution in [0.1, 0.15) is 316 Å². The van der Waals surface area contributed by atoms with Crippen LogP contribution in [0, 0.1) is 0 Å². The predicted molar refractivity (Wildman–Crippen MR) is 283 cm³/mol. The SMILES string of the molecule is CCCCCCCCCCCCCCCCCCC/C=C/C(O)C(CO)NC(=O)CCCCCCCCC/C=C\CCCCCCOC(=O)CCCCCCCCCCCCCCCC. The Bertz CT molecular complexity index is 1010. The van der Waals surface area contributed by atoms with Crippen LogP contribution in [-0.2, 0) is 14.3 Å². The Kier molecular flexibility index (Phi) is 53.5. The molecule has 0 fully saturated rings. The third-order valence-corrected chi connectivity index (χ3v) is 13.5. The lowest BCUT2D eigenvalue weighted by molar-refractivity contribution is -0.143. The van der Waals surface area contributed by atoms with Crippen LogP contribution in [0.5, 0.6) is 0 Å². The quantitative estimate of drug-likeness (QED) is 0.0321. The molecule has 0 spiro atoms. The van der Waals surface area contributed by atoms with Gasteiger partial charge in [-0.05, 0) is 57.8 Å². The number of esters is 1. The number of hydrogen-bond donors (Lipinski definition) is 3. The van der Waals surface area contributed by atoms with Crippen LogP contribution in [0.25, 0.3) is 0 Å². The van der Waals surface area contributed by atoms with Crippen LogP contribution in [0.2, 0.25) is 0 Å². The molecule has 65 heavy (non-hydrogen) atoms. The minimum Gasteiger partial charge on any atom is -0.466 e. The topological polar surface area (TPSA) is 95.9 Å². The van der Waals surface area contributed by atoms with Gasteiger partial charge in [0.05, 0.1) is 25.4 Å². The van der Waals surface area contributed by atoms with Crippen LogP contribution in [-0.4, -0.2) is 47.4 Å². The van der Waals surface area contributed by atoms with E-state index in [0.717, 1.165) is 70.6 Å². The first kappa shape index (κ1) is 63.3. The number of nitrogens with one attached hydrogen (secondary N) is 1. The predicted octanol–water partition coefficient (Wildman–Crippen LogP) is 17.9. The monoisotopic (exact) mass is 916 g/mol. The number of rotatable bonds is 54. The molecule has 0 rings (SSSR count). The first-order valence-corrected chi connectivity index (χ1v) is 29.1. The van der Waals surface area contributed by atoms with E-state index in [2.05, 4.69) is 31.3 Å². The van der Waals surface area contributed by atoms with E-state index >= 15 is 0 Å². The summed E-state index contributed by atoms with van der Waals surface area (Å²) in [5.74, 6) is -0.0895. The van der Waals surface area contributed by atoms with Gasteiger partial charge in [0.2, 0.25) is 5.91 Å². The number of hydrogen-bond acceptors (Lipinski definition) is 5. The van der Waals surface area contributed by atoms with E-state index in [0.29, 0.717) is 19.4 Å². The van der Waals surface area contributed by atoms with Crippen LogP contribution in [0.3, 0.4) is 0 Å². The fourth-order valence-electron chi connectivity index (χ4n) is 8.98. The molecule has 384 valence electrons. The minimum absolute atomic E-state index is 0.00863. The second kappa shape index (κ2) is 54.9. The van der Waals surface area contributed by atoms with Crippen molar-refractivity contribution >= 4 is 11.9 Å². The fourth-order valence-corrected chi connectivity index (χ4v) is 8.98. The van der Waals surface area contributed by atoms with Gasteiger partial charge in [0.15, 0.2) is 0 Å². The maximum atomic E-state index is 12.5. The normalized spacial score (nSPS) is 12.7. The highest BCUT2D eigenvalue weighted by Crippen LogP contribution is 2.17. The molecule has 0 aliphatic heterocycles. The van der Waals surface area contributed by atoms with Crippen molar-refractivity contribution in [3.63, 3.8) is 0 Å². The molecule has 0 heterocycles. The Morgan fingerprint density at radius 2 is 0.723 bits per heavy atom. The highest BCUT2D eigenvalue weighted by atomic mass is 16.5. The van der Waals surface area contributed by atoms with E-state index in [4.69, 9.17) is 4.74 Å². The number of aliphatic hydroxyl groups excluding tert-OH is 2. The van der Waals surface area contributed by atoms with Crippen molar-refractivity contribution in [2.24, 2.45) is 0 Å². The Morgan fingerprint density at radius 3 is 1.09 bits per heavy atom. The zero-order chi connectivity index (χ0) is 47.2. The zero-order valence-electron chi connectivity index (χ0n) is 43.7. The molecule has 2 atom stereocenters. The smallest absolute Gasteiger partial charge is 0.305 e. The first-order valence-electron chi connectivity index (χ1n) is 29.1. The lowest BCUT2D eigenvalue weighted by atomic mass is 10.0. The summed E-state index contributed by atoms with van der Waals surface area (Å²) < 4.78 is 5.46. The lowest BCUT2D eigenvalue weighted by Gasteiger charge is -2.20. The standard InChI is InChI=1S/C59H113NO5/c1-3-5-7-9-11-13-15-17-19-20-21-22-24-27-31-35-39-43-47-51-57(62)56(55-61)60-58(63)52-48-44-40-36-32-28-25-23-26-30-34-38-42-46-50-54-65-59(64)53-49-45-41-37-33-29-18-16-14-12-10-8-6-4-2/h26,30,47,51,56-57,61-62H,3-25,27-29,31-46,48-50,52-55H2,1-2H3,(H,60,63)/b30-26-,51-47+. The molecular formula is C59H113NO5. The molecule has 0 radical (unpaired) electrons. The number of ether oxygens (including phenoxy) is 1. The van der Waals surface area contributed by atoms with E-state index in [1.165, 1.54) is 218 Å². The van der Waals surface area contributed by atoms with Crippen molar-refractivity contribution < 1.29 is 24.5 Å². The van der Waals surface area contributed by atoms with Gasteiger partial charge in [0.25, 0.3) is 0 Å². The van der Waals surface area contributed by atoms with Gasteiger partial charge in [0, 0.05) is 12.8 Å². The fraction of sp³-hybridized carbons (Fsp3) is 0.898. The van der Waals surface area contributed by atoms with Gasteiger partial charge in [0.1, 0.15) is 0 Å². The van der Waals surface area contributed by atoms with Gasteiger partial charge in [-0.2, -0.15) is 0 Å². The first-order chi connectivity index (χ1) is 32.0. The zero-order valence-corrected chi connectivity index (χ0v) is 43.7. The average molecular weight is 917 g/mol. The molecule has 0 aromatic heterocycles. The number of allylic oxidation sites excluding steroid dienone is 3. The number of amides is 1. The third kappa shape index (κ3) is 51.6. The molecule has 1 amide bonds. The average Bonchev–Trinajstić information content (AvgIpc) is 3.31. The van der Waals surface area contributed by atoms with Crippen LogP contribution >= 0.6 is 0 Å². The molecule has 2 unspecified atom stereocenters. The number of carbonyl (C=O) groups is 2. The molecule has 6 heteroatoms. The Labute approximate surface area is 405 Å². The summed E-state index contributed by atoms with van der Waals surface area (Å²) in [5.41, 5.74) is 0. The molecule has 0 saturated carbocycles. The number of aliphatic hydroxyl groups is 2. The Balaban J connectivity index is 3.50. The maximum absolute atomic E-state index is 12.5. The van der Waals surface area contributed by atoms with E-state index < -0.39 is 12.1 Å². The highest BCUT2D eigenvalue weighted by Gasteiger charge is 2.18. The van der Waals surface area contributed by atoms with Gasteiger partial charge in [-0.15, -0.1) is 0 Å². The van der Waals surface area contributed by atoms with Crippen molar-refractivity contribution in [1.82, 2.24) is 5.32 Å². The van der Waals surface area contributed by atoms with Gasteiger partial charge < -0.3 is 20.3 Å². The van der Waals surface area contributed by atoms with Crippen LogP contribution < -0.4 is 5.32 Å². The van der Waals surface area contributed by atoms with E-state index in [1.807, 2.05) is 6.08 Å². The van der Waals surface area contributed by atoms with E-state index in [1.54, 1.807) is 6.08 Å². The molecule has 0 saturated heterocycles. The number of unbranched alkanes of at least 4 members (excludes halogenated alkanes) is 41. The number of carbonyl (C=O) groups excluding carboxylic acids is 2. The largest absolute Gasteiger partial charge is 0.466 e. The molecule has 3 N–H and O–H groups in total. The molecule has 0 aliphatic rings. The molecule has 0 bridgehead atoms. The second-order valence-electron chi connectivity index (χ2n) is 20.0. The summed E-state index contributed by atoms with van der Waals surface area (Å²) in [7, 11) is 0. The third-order valence-electron chi connectivity index (χ3n) is 13.5. The van der Waals surface area contributed by atoms with Crippen molar-refractivity contribution in [3.05, 3.63) is 24.3 Å².